The number of alkyl carbamates (subject to hydrolysis) is 1. The summed E-state index contributed by atoms with van der Waals surface area (Å²) >= 11 is 0. The third-order valence-corrected chi connectivity index (χ3v) is 2.62. The van der Waals surface area contributed by atoms with Gasteiger partial charge in [0.05, 0.1) is 0 Å². The van der Waals surface area contributed by atoms with Gasteiger partial charge in [-0.05, 0) is 18.9 Å². The number of ether oxygens (including phenoxy) is 1. The minimum absolute atomic E-state index is 0.226. The second-order valence-corrected chi connectivity index (χ2v) is 4.42. The van der Waals surface area contributed by atoms with E-state index in [-0.39, 0.29) is 6.61 Å². The number of hydrogen-bond donors (Lipinski definition) is 2. The first-order valence-electron chi connectivity index (χ1n) is 5.77. The van der Waals surface area contributed by atoms with Crippen LogP contribution in [-0.4, -0.2) is 18.2 Å². The van der Waals surface area contributed by atoms with Gasteiger partial charge in [0.1, 0.15) is 6.61 Å². The number of hydrogen-bond acceptors (Lipinski definition) is 3. The molecule has 0 aliphatic carbocycles. The van der Waals surface area contributed by atoms with Crippen LogP contribution in [0.25, 0.3) is 0 Å². The summed E-state index contributed by atoms with van der Waals surface area (Å²) in [5.74, 6) is 0. The lowest BCUT2D eigenvalue weighted by atomic mass is 10.0. The van der Waals surface area contributed by atoms with Crippen molar-refractivity contribution in [1.82, 2.24) is 5.32 Å². The molecule has 0 heterocycles. The molecule has 0 aliphatic heterocycles. The lowest BCUT2D eigenvalue weighted by Crippen LogP contribution is -2.42. The summed E-state index contributed by atoms with van der Waals surface area (Å²) in [6, 6.07) is 9.68. The van der Waals surface area contributed by atoms with Gasteiger partial charge in [0.2, 0.25) is 0 Å². The van der Waals surface area contributed by atoms with Crippen molar-refractivity contribution in [2.24, 2.45) is 5.73 Å². The maximum absolute atomic E-state index is 11.4. The summed E-state index contributed by atoms with van der Waals surface area (Å²) in [4.78, 5) is 11.4. The zero-order valence-corrected chi connectivity index (χ0v) is 10.4. The van der Waals surface area contributed by atoms with Gasteiger partial charge in [0.15, 0.2) is 0 Å². The number of rotatable bonds is 5. The predicted octanol–water partition coefficient (Wildman–Crippen LogP) is 2.04. The van der Waals surface area contributed by atoms with Gasteiger partial charge in [-0.15, -0.1) is 0 Å². The Balaban J connectivity index is 2.27. The Morgan fingerprint density at radius 3 is 2.65 bits per heavy atom. The fraction of sp³-hybridized carbons (Fsp3) is 0.462. The molecule has 1 atom stereocenters. The molecular formula is C13H20N2O2. The van der Waals surface area contributed by atoms with Gasteiger partial charge in [-0.1, -0.05) is 37.3 Å². The van der Waals surface area contributed by atoms with Crippen molar-refractivity contribution < 1.29 is 9.53 Å². The van der Waals surface area contributed by atoms with Crippen molar-refractivity contribution in [3.05, 3.63) is 35.9 Å². The molecule has 1 rings (SSSR count). The van der Waals surface area contributed by atoms with Crippen LogP contribution in [0.4, 0.5) is 4.79 Å². The van der Waals surface area contributed by atoms with Crippen LogP contribution in [0.2, 0.25) is 0 Å². The highest BCUT2D eigenvalue weighted by molar-refractivity contribution is 5.67. The van der Waals surface area contributed by atoms with Crippen molar-refractivity contribution in [3.8, 4) is 0 Å². The van der Waals surface area contributed by atoms with Crippen molar-refractivity contribution in [3.63, 3.8) is 0 Å². The summed E-state index contributed by atoms with van der Waals surface area (Å²) < 4.78 is 5.04. The van der Waals surface area contributed by atoms with E-state index >= 15 is 0 Å². The number of amides is 1. The van der Waals surface area contributed by atoms with Crippen LogP contribution in [0.15, 0.2) is 30.3 Å². The summed E-state index contributed by atoms with van der Waals surface area (Å²) in [6.07, 6.45) is 0.331. The van der Waals surface area contributed by atoms with E-state index in [4.69, 9.17) is 10.5 Å². The lowest BCUT2D eigenvalue weighted by Gasteiger charge is -2.21. The van der Waals surface area contributed by atoms with Crippen LogP contribution >= 0.6 is 0 Å². The molecule has 4 nitrogen and oxygen atoms in total. The Labute approximate surface area is 102 Å². The summed E-state index contributed by atoms with van der Waals surface area (Å²) in [6.45, 7) is 4.51. The fourth-order valence-corrected chi connectivity index (χ4v) is 1.15. The van der Waals surface area contributed by atoms with Crippen molar-refractivity contribution >= 4 is 6.09 Å². The summed E-state index contributed by atoms with van der Waals surface area (Å²) in [7, 11) is 0. The van der Waals surface area contributed by atoms with Crippen LogP contribution in [-0.2, 0) is 11.3 Å². The van der Waals surface area contributed by atoms with Crippen LogP contribution in [0, 0.1) is 0 Å². The van der Waals surface area contributed by atoms with Gasteiger partial charge in [0.25, 0.3) is 0 Å². The Hall–Kier alpha value is -1.55. The largest absolute Gasteiger partial charge is 0.448 e. The van der Waals surface area contributed by atoms with Gasteiger partial charge in [0, 0.05) is 12.1 Å². The number of nitrogens with two attached hydrogens (primary N) is 1. The minimum Gasteiger partial charge on any atom is -0.448 e. The van der Waals surface area contributed by atoms with Crippen LogP contribution in [0.1, 0.15) is 25.8 Å². The second kappa shape index (κ2) is 6.25. The van der Waals surface area contributed by atoms with Crippen molar-refractivity contribution in [2.75, 3.05) is 6.61 Å². The zero-order chi connectivity index (χ0) is 12.7. The van der Waals surface area contributed by atoms with E-state index in [9.17, 15) is 4.79 Å². The molecule has 3 N–H and O–H groups in total. The SMILES string of the molecule is CCC(C)(N)COC(=O)NCc1ccccc1. The topological polar surface area (TPSA) is 64.3 Å². The number of carbonyl (C=O) groups excluding carboxylic acids is 1. The molecule has 0 fully saturated rings. The third-order valence-electron chi connectivity index (χ3n) is 2.62. The second-order valence-electron chi connectivity index (χ2n) is 4.42. The Kier molecular flexibility index (Phi) is 4.97. The standard InChI is InChI=1S/C13H20N2O2/c1-3-13(2,14)10-17-12(16)15-9-11-7-5-4-6-8-11/h4-8H,3,9-10,14H2,1-2H3,(H,15,16). The van der Waals surface area contributed by atoms with E-state index in [0.717, 1.165) is 12.0 Å². The highest BCUT2D eigenvalue weighted by Gasteiger charge is 2.17. The third kappa shape index (κ3) is 5.36. The van der Waals surface area contributed by atoms with E-state index in [0.29, 0.717) is 6.54 Å². The smallest absolute Gasteiger partial charge is 0.407 e. The zero-order valence-electron chi connectivity index (χ0n) is 10.4. The molecule has 0 saturated carbocycles. The quantitative estimate of drug-likeness (QED) is 0.822. The molecule has 1 aromatic rings. The molecule has 17 heavy (non-hydrogen) atoms. The normalized spacial score (nSPS) is 13.8. The van der Waals surface area contributed by atoms with Crippen LogP contribution in [0.3, 0.4) is 0 Å². The van der Waals surface area contributed by atoms with Crippen LogP contribution in [0.5, 0.6) is 0 Å². The first kappa shape index (κ1) is 13.5. The first-order chi connectivity index (χ1) is 8.03. The van der Waals surface area contributed by atoms with E-state index in [2.05, 4.69) is 5.32 Å². The molecule has 0 saturated heterocycles. The molecule has 0 aromatic heterocycles. The molecule has 1 unspecified atom stereocenters. The predicted molar refractivity (Wildman–Crippen MR) is 67.5 cm³/mol. The van der Waals surface area contributed by atoms with Crippen molar-refractivity contribution in [1.29, 1.82) is 0 Å². The average molecular weight is 236 g/mol. The van der Waals surface area contributed by atoms with E-state index < -0.39 is 11.6 Å². The molecule has 0 aliphatic rings. The molecule has 1 aromatic carbocycles. The van der Waals surface area contributed by atoms with Gasteiger partial charge in [-0.3, -0.25) is 0 Å². The Bertz CT molecular complexity index is 350. The van der Waals surface area contributed by atoms with Crippen LogP contribution < -0.4 is 11.1 Å². The molecule has 0 bridgehead atoms. The van der Waals surface area contributed by atoms with E-state index in [1.165, 1.54) is 0 Å². The molecule has 4 heteroatoms. The van der Waals surface area contributed by atoms with Gasteiger partial charge in [-0.2, -0.15) is 0 Å². The number of benzene rings is 1. The van der Waals surface area contributed by atoms with Gasteiger partial charge < -0.3 is 15.8 Å². The van der Waals surface area contributed by atoms with Gasteiger partial charge in [-0.25, -0.2) is 4.79 Å². The average Bonchev–Trinajstić information content (AvgIpc) is 2.35. The van der Waals surface area contributed by atoms with E-state index in [1.54, 1.807) is 0 Å². The van der Waals surface area contributed by atoms with Gasteiger partial charge >= 0.3 is 6.09 Å². The number of nitrogens with one attached hydrogen (secondary N) is 1. The monoisotopic (exact) mass is 236 g/mol. The Morgan fingerprint density at radius 2 is 2.06 bits per heavy atom. The van der Waals surface area contributed by atoms with E-state index in [1.807, 2.05) is 44.2 Å². The molecule has 0 radical (unpaired) electrons. The highest BCUT2D eigenvalue weighted by Crippen LogP contribution is 2.05. The van der Waals surface area contributed by atoms with Crippen molar-refractivity contribution in [2.45, 2.75) is 32.4 Å². The fourth-order valence-electron chi connectivity index (χ4n) is 1.15. The first-order valence-corrected chi connectivity index (χ1v) is 5.77. The number of carbonyl (C=O) groups is 1. The molecule has 1 amide bonds. The maximum Gasteiger partial charge on any atom is 0.407 e. The summed E-state index contributed by atoms with van der Waals surface area (Å²) in [5, 5.41) is 2.68. The minimum atomic E-state index is -0.454. The molecular weight excluding hydrogens is 216 g/mol. The summed E-state index contributed by atoms with van der Waals surface area (Å²) in [5.41, 5.74) is 6.45. The molecule has 0 spiro atoms. The highest BCUT2D eigenvalue weighted by atomic mass is 16.5. The molecule has 94 valence electrons. The maximum atomic E-state index is 11.4. The lowest BCUT2D eigenvalue weighted by molar-refractivity contribution is 0.119. The Morgan fingerprint density at radius 1 is 1.41 bits per heavy atom.